The lowest BCUT2D eigenvalue weighted by molar-refractivity contribution is -0.379. The third kappa shape index (κ3) is 8.08. The van der Waals surface area contributed by atoms with Crippen molar-refractivity contribution in [2.75, 3.05) is 26.4 Å². The molecule has 0 bridgehead atoms. The topological polar surface area (TPSA) is 357 Å². The Hall–Kier alpha value is -1.33. The molecule has 0 radical (unpaired) electrons. The molecule has 0 saturated carbocycles. The first-order valence-electron chi connectivity index (χ1n) is 15.1. The second-order valence-corrected chi connectivity index (χ2v) is 11.9. The zero-order valence-corrected chi connectivity index (χ0v) is 25.5. The van der Waals surface area contributed by atoms with Crippen LogP contribution in [0, 0.1) is 0 Å². The van der Waals surface area contributed by atoms with E-state index in [1.807, 2.05) is 0 Å². The molecule has 4 aliphatic heterocycles. The third-order valence-corrected chi connectivity index (χ3v) is 8.61. The van der Waals surface area contributed by atoms with Gasteiger partial charge in [-0.05, 0) is 0 Å². The summed E-state index contributed by atoms with van der Waals surface area (Å²) in [5.74, 6) is -0.765. The lowest BCUT2D eigenvalue weighted by atomic mass is 9.94. The first kappa shape index (κ1) is 39.5. The highest BCUT2D eigenvalue weighted by atomic mass is 16.8. The Kier molecular flexibility index (Phi) is 13.8. The van der Waals surface area contributed by atoms with Crippen molar-refractivity contribution < 1.29 is 104 Å². The monoisotopic (exact) mass is 707 g/mol. The van der Waals surface area contributed by atoms with E-state index in [0.717, 1.165) is 6.92 Å². The van der Waals surface area contributed by atoms with Crippen molar-refractivity contribution in [3.05, 3.63) is 0 Å². The van der Waals surface area contributed by atoms with Gasteiger partial charge in [-0.2, -0.15) is 0 Å². The van der Waals surface area contributed by atoms with Gasteiger partial charge in [0, 0.05) is 6.92 Å². The molecule has 20 atom stereocenters. The largest absolute Gasteiger partial charge is 0.394 e. The smallest absolute Gasteiger partial charge is 0.217 e. The molecule has 48 heavy (non-hydrogen) atoms. The van der Waals surface area contributed by atoms with Gasteiger partial charge in [0.15, 0.2) is 25.2 Å². The molecule has 14 N–H and O–H groups in total. The van der Waals surface area contributed by atoms with E-state index in [0.29, 0.717) is 0 Å². The molecule has 22 heteroatoms. The molecule has 0 aliphatic carbocycles. The molecule has 22 nitrogen and oxygen atoms in total. The lowest BCUT2D eigenvalue weighted by Crippen LogP contribution is -2.70. The van der Waals surface area contributed by atoms with Crippen LogP contribution < -0.4 is 5.32 Å². The van der Waals surface area contributed by atoms with Crippen molar-refractivity contribution in [3.8, 4) is 0 Å². The number of hydrogen-bond acceptors (Lipinski definition) is 21. The minimum atomic E-state index is -2.04. The van der Waals surface area contributed by atoms with Crippen LogP contribution >= 0.6 is 0 Å². The van der Waals surface area contributed by atoms with Crippen molar-refractivity contribution in [2.45, 2.75) is 130 Å². The Morgan fingerprint density at radius 3 is 1.50 bits per heavy atom. The minimum absolute atomic E-state index is 0.765. The summed E-state index contributed by atoms with van der Waals surface area (Å²) in [4.78, 5) is 12.3. The van der Waals surface area contributed by atoms with Crippen LogP contribution in [-0.4, -0.2) is 221 Å². The van der Waals surface area contributed by atoms with E-state index in [2.05, 4.69) is 5.32 Å². The van der Waals surface area contributed by atoms with Crippen molar-refractivity contribution in [1.29, 1.82) is 0 Å². The summed E-state index contributed by atoms with van der Waals surface area (Å²) in [6.07, 6.45) is -33.8. The maximum Gasteiger partial charge on any atom is 0.217 e. The number of aliphatic hydroxyl groups excluding tert-OH is 13. The number of aliphatic hydroxyl groups is 13. The number of carbonyl (C=O) groups excluding carboxylic acids is 1. The second-order valence-electron chi connectivity index (χ2n) is 11.9. The third-order valence-electron chi connectivity index (χ3n) is 8.61. The molecule has 1 amide bonds. The average Bonchev–Trinajstić information content (AvgIpc) is 3.06. The van der Waals surface area contributed by atoms with Crippen LogP contribution in [0.2, 0.25) is 0 Å². The van der Waals surface area contributed by atoms with E-state index < -0.39 is 155 Å². The first-order valence-corrected chi connectivity index (χ1v) is 15.1. The first-order chi connectivity index (χ1) is 22.7. The summed E-state index contributed by atoms with van der Waals surface area (Å²) >= 11 is 0. The van der Waals surface area contributed by atoms with Crippen LogP contribution in [0.25, 0.3) is 0 Å². The molecule has 4 rings (SSSR count). The summed E-state index contributed by atoms with van der Waals surface area (Å²) in [5.41, 5.74) is 0. The van der Waals surface area contributed by atoms with E-state index in [9.17, 15) is 71.2 Å². The van der Waals surface area contributed by atoms with Crippen molar-refractivity contribution in [2.24, 2.45) is 0 Å². The summed E-state index contributed by atoms with van der Waals surface area (Å²) < 4.78 is 38.7. The van der Waals surface area contributed by atoms with Gasteiger partial charge in [0.2, 0.25) is 5.91 Å². The van der Waals surface area contributed by atoms with Crippen molar-refractivity contribution in [1.82, 2.24) is 5.32 Å². The Balaban J connectivity index is 1.61. The normalized spacial score (nSPS) is 50.2. The molecule has 0 aromatic rings. The van der Waals surface area contributed by atoms with Gasteiger partial charge in [0.1, 0.15) is 97.6 Å². The molecule has 0 spiro atoms. The molecular weight excluding hydrogens is 662 g/mol. The molecule has 280 valence electrons. The fourth-order valence-electron chi connectivity index (χ4n) is 5.94. The maximum absolute atomic E-state index is 12.3. The standard InChI is InChI=1S/C26H45NO21/c1-6(32)27-11-21(47-25-18(39)15(36)12(33)7(2-28)44-25)13(34)8(3-29)43-24(11)48-22-14(35)9(4-30)45-26(19(22)40)46-20-10(5-31)42-23(41)17(38)16(20)37/h7-26,28-31,33-41H,2-5H2,1H3,(H,27,32)/t7-,8-,9-,10-,11-,12+,13+,14+,15+,16-,17-,18-,19-,20+,21-,22+,23-,24+,25+,26+/m1/s1. The molecular formula is C26H45NO21. The summed E-state index contributed by atoms with van der Waals surface area (Å²) in [6, 6.07) is -1.61. The van der Waals surface area contributed by atoms with Crippen LogP contribution in [0.15, 0.2) is 0 Å². The van der Waals surface area contributed by atoms with E-state index >= 15 is 0 Å². The van der Waals surface area contributed by atoms with Gasteiger partial charge in [0.05, 0.1) is 26.4 Å². The van der Waals surface area contributed by atoms with Gasteiger partial charge < -0.3 is 105 Å². The van der Waals surface area contributed by atoms with E-state index in [-0.39, 0.29) is 0 Å². The zero-order chi connectivity index (χ0) is 35.6. The van der Waals surface area contributed by atoms with E-state index in [1.54, 1.807) is 0 Å². The van der Waals surface area contributed by atoms with Crippen LogP contribution in [0.1, 0.15) is 6.92 Å². The SMILES string of the molecule is CC(=O)N[C@H]1[C@H](O[C@H]2[C@@H](O)[C@@H](CO)O[C@@H](O[C@@H]3[C@H](O)[C@@H](O)[C@H](O)O[C@@H]3CO)[C@@H]2O)O[C@H](CO)[C@H](O)[C@@H]1O[C@@H]1O[C@H](CO)[C@H](O)[C@H](O)[C@H]1O. The quantitative estimate of drug-likeness (QED) is 0.0947. The molecule has 4 fully saturated rings. The Bertz CT molecular complexity index is 1030. The van der Waals surface area contributed by atoms with Crippen LogP contribution in [0.5, 0.6) is 0 Å². The summed E-state index contributed by atoms with van der Waals surface area (Å²) in [5, 5.41) is 136. The van der Waals surface area contributed by atoms with E-state index in [4.69, 9.17) is 33.2 Å². The Morgan fingerprint density at radius 2 is 0.958 bits per heavy atom. The predicted molar refractivity (Wildman–Crippen MR) is 145 cm³/mol. The number of nitrogens with one attached hydrogen (secondary N) is 1. The maximum atomic E-state index is 12.3. The van der Waals surface area contributed by atoms with E-state index in [1.165, 1.54) is 0 Å². The number of ether oxygens (including phenoxy) is 7. The Morgan fingerprint density at radius 1 is 0.500 bits per heavy atom. The molecule has 0 aromatic carbocycles. The van der Waals surface area contributed by atoms with Crippen LogP contribution in [0.4, 0.5) is 0 Å². The molecule has 4 saturated heterocycles. The minimum Gasteiger partial charge on any atom is -0.394 e. The summed E-state index contributed by atoms with van der Waals surface area (Å²) in [6.45, 7) is -2.41. The molecule has 4 aliphatic rings. The predicted octanol–water partition coefficient (Wildman–Crippen LogP) is -9.61. The highest BCUT2D eigenvalue weighted by molar-refractivity contribution is 5.73. The average molecular weight is 708 g/mol. The zero-order valence-electron chi connectivity index (χ0n) is 25.5. The number of carbonyl (C=O) groups is 1. The number of amides is 1. The van der Waals surface area contributed by atoms with Gasteiger partial charge in [0.25, 0.3) is 0 Å². The second kappa shape index (κ2) is 16.8. The molecule has 4 heterocycles. The molecule has 0 aromatic heterocycles. The fourth-order valence-corrected chi connectivity index (χ4v) is 5.94. The lowest BCUT2D eigenvalue weighted by Gasteiger charge is -2.50. The number of rotatable bonds is 11. The van der Waals surface area contributed by atoms with Crippen LogP contribution in [0.3, 0.4) is 0 Å². The highest BCUT2D eigenvalue weighted by Gasteiger charge is 2.55. The number of hydrogen-bond donors (Lipinski definition) is 14. The van der Waals surface area contributed by atoms with Gasteiger partial charge in [-0.25, -0.2) is 0 Å². The Labute approximate surface area is 272 Å². The van der Waals surface area contributed by atoms with Crippen molar-refractivity contribution >= 4 is 5.91 Å². The highest BCUT2D eigenvalue weighted by Crippen LogP contribution is 2.34. The summed E-state index contributed by atoms with van der Waals surface area (Å²) in [7, 11) is 0. The van der Waals surface area contributed by atoms with Gasteiger partial charge in [-0.3, -0.25) is 4.79 Å². The van der Waals surface area contributed by atoms with Gasteiger partial charge in [-0.1, -0.05) is 0 Å². The van der Waals surface area contributed by atoms with Gasteiger partial charge >= 0.3 is 0 Å². The van der Waals surface area contributed by atoms with Crippen LogP contribution in [-0.2, 0) is 38.0 Å². The van der Waals surface area contributed by atoms with Gasteiger partial charge in [-0.15, -0.1) is 0 Å². The van der Waals surface area contributed by atoms with Crippen molar-refractivity contribution in [3.63, 3.8) is 0 Å². The molecule has 0 unspecified atom stereocenters. The fraction of sp³-hybridized carbons (Fsp3) is 0.962.